The molecule has 27 heavy (non-hydrogen) atoms. The number of hydrogen-bond donors (Lipinski definition) is 2. The molecule has 0 aromatic heterocycles. The van der Waals surface area contributed by atoms with Gasteiger partial charge in [0.15, 0.2) is 5.96 Å². The topological polar surface area (TPSA) is 69.4 Å². The minimum Gasteiger partial charge on any atom is -0.489 e. The van der Waals surface area contributed by atoms with Crippen molar-refractivity contribution in [3.05, 3.63) is 64.4 Å². The second-order valence-electron chi connectivity index (χ2n) is 5.61. The number of rotatable bonds is 6. The van der Waals surface area contributed by atoms with Crippen LogP contribution in [0.1, 0.15) is 18.1 Å². The molecule has 0 saturated carbocycles. The van der Waals surface area contributed by atoms with Crippen LogP contribution >= 0.6 is 35.6 Å². The van der Waals surface area contributed by atoms with Crippen molar-refractivity contribution in [3.63, 3.8) is 0 Å². The third-order valence-electron chi connectivity index (χ3n) is 3.55. The van der Waals surface area contributed by atoms with Crippen LogP contribution in [0.25, 0.3) is 0 Å². The van der Waals surface area contributed by atoms with Gasteiger partial charge in [0, 0.05) is 24.2 Å². The smallest absolute Gasteiger partial charge is 0.191 e. The van der Waals surface area contributed by atoms with Crippen LogP contribution in [0.4, 0.5) is 4.39 Å². The Hall–Kier alpha value is -2.05. The van der Waals surface area contributed by atoms with Gasteiger partial charge in [-0.25, -0.2) is 4.39 Å². The van der Waals surface area contributed by atoms with Gasteiger partial charge < -0.3 is 15.4 Å². The summed E-state index contributed by atoms with van der Waals surface area (Å²) in [5, 5.41) is 15.7. The maximum atomic E-state index is 13.8. The third kappa shape index (κ3) is 7.61. The van der Waals surface area contributed by atoms with Crippen LogP contribution in [-0.4, -0.2) is 25.7 Å². The molecule has 144 valence electrons. The van der Waals surface area contributed by atoms with E-state index in [1.54, 1.807) is 31.3 Å². The first-order chi connectivity index (χ1) is 12.5. The van der Waals surface area contributed by atoms with Gasteiger partial charge in [-0.05, 0) is 49.4 Å². The molecule has 0 amide bonds. The number of aliphatic imine (C=N–C) groups is 1. The van der Waals surface area contributed by atoms with Crippen molar-refractivity contribution >= 4 is 41.5 Å². The number of nitrogens with zero attached hydrogens (tertiary/aromatic N) is 2. The summed E-state index contributed by atoms with van der Waals surface area (Å²) in [6.45, 7) is 2.64. The number of halogens is 3. The predicted octanol–water partition coefficient (Wildman–Crippen LogP) is 4.10. The molecule has 2 rings (SSSR count). The average Bonchev–Trinajstić information content (AvgIpc) is 2.65. The van der Waals surface area contributed by atoms with Gasteiger partial charge in [0.05, 0.1) is 18.2 Å². The van der Waals surface area contributed by atoms with E-state index in [1.165, 1.54) is 18.2 Å². The number of hydrogen-bond acceptors (Lipinski definition) is 3. The van der Waals surface area contributed by atoms with Gasteiger partial charge in [-0.1, -0.05) is 11.6 Å². The van der Waals surface area contributed by atoms with Crippen LogP contribution in [0.5, 0.6) is 5.75 Å². The van der Waals surface area contributed by atoms with E-state index in [-0.39, 0.29) is 42.4 Å². The van der Waals surface area contributed by atoms with Crippen molar-refractivity contribution in [1.29, 1.82) is 5.26 Å². The fourth-order valence-electron chi connectivity index (χ4n) is 2.21. The van der Waals surface area contributed by atoms with Gasteiger partial charge >= 0.3 is 0 Å². The van der Waals surface area contributed by atoms with Gasteiger partial charge in [0.2, 0.25) is 0 Å². The summed E-state index contributed by atoms with van der Waals surface area (Å²) >= 11 is 5.85. The highest BCUT2D eigenvalue weighted by molar-refractivity contribution is 14.0. The fourth-order valence-corrected chi connectivity index (χ4v) is 2.33. The molecule has 5 nitrogen and oxygen atoms in total. The summed E-state index contributed by atoms with van der Waals surface area (Å²) in [6, 6.07) is 13.4. The van der Waals surface area contributed by atoms with Gasteiger partial charge in [-0.3, -0.25) is 4.99 Å². The largest absolute Gasteiger partial charge is 0.489 e. The zero-order valence-electron chi connectivity index (χ0n) is 15.0. The van der Waals surface area contributed by atoms with Gasteiger partial charge in [-0.15, -0.1) is 24.0 Å². The van der Waals surface area contributed by atoms with E-state index in [4.69, 9.17) is 21.6 Å². The van der Waals surface area contributed by atoms with Crippen LogP contribution in [-0.2, 0) is 6.54 Å². The summed E-state index contributed by atoms with van der Waals surface area (Å²) in [5.41, 5.74) is 0.814. The molecular weight excluding hydrogens is 482 g/mol. The molecule has 8 heteroatoms. The normalized spacial score (nSPS) is 11.7. The molecule has 0 saturated heterocycles. The van der Waals surface area contributed by atoms with Crippen molar-refractivity contribution in [3.8, 4) is 11.8 Å². The Balaban J connectivity index is 0.00000364. The number of ether oxygens (including phenoxy) is 1. The molecule has 0 aliphatic rings. The lowest BCUT2D eigenvalue weighted by molar-refractivity contribution is 0.224. The Morgan fingerprint density at radius 2 is 1.96 bits per heavy atom. The van der Waals surface area contributed by atoms with Gasteiger partial charge in [0.25, 0.3) is 0 Å². The van der Waals surface area contributed by atoms with Crippen molar-refractivity contribution in [2.24, 2.45) is 4.99 Å². The predicted molar refractivity (Wildman–Crippen MR) is 116 cm³/mol. The van der Waals surface area contributed by atoms with E-state index >= 15 is 0 Å². The van der Waals surface area contributed by atoms with Crippen LogP contribution in [0.3, 0.4) is 0 Å². The number of benzene rings is 2. The second kappa shape index (κ2) is 11.6. The summed E-state index contributed by atoms with van der Waals surface area (Å²) in [4.78, 5) is 4.10. The Morgan fingerprint density at radius 1 is 1.26 bits per heavy atom. The Labute approximate surface area is 180 Å². The van der Waals surface area contributed by atoms with E-state index in [9.17, 15) is 4.39 Å². The maximum Gasteiger partial charge on any atom is 0.191 e. The minimum atomic E-state index is -0.369. The van der Waals surface area contributed by atoms with Crippen LogP contribution < -0.4 is 15.4 Å². The van der Waals surface area contributed by atoms with Gasteiger partial charge in [-0.2, -0.15) is 5.26 Å². The highest BCUT2D eigenvalue weighted by Crippen LogP contribution is 2.16. The van der Waals surface area contributed by atoms with Crippen molar-refractivity contribution in [2.75, 3.05) is 13.6 Å². The van der Waals surface area contributed by atoms with E-state index in [0.29, 0.717) is 28.7 Å². The third-order valence-corrected chi connectivity index (χ3v) is 3.80. The second-order valence-corrected chi connectivity index (χ2v) is 6.04. The zero-order valence-corrected chi connectivity index (χ0v) is 18.1. The molecular formula is C19H21ClFIN4O. The lowest BCUT2D eigenvalue weighted by Crippen LogP contribution is -2.41. The molecule has 2 aromatic rings. The first-order valence-electron chi connectivity index (χ1n) is 8.07. The molecule has 0 heterocycles. The highest BCUT2D eigenvalue weighted by Gasteiger charge is 2.08. The molecule has 1 atom stereocenters. The van der Waals surface area contributed by atoms with Crippen molar-refractivity contribution < 1.29 is 9.13 Å². The van der Waals surface area contributed by atoms with Crippen LogP contribution in [0.15, 0.2) is 47.5 Å². The van der Waals surface area contributed by atoms with Crippen LogP contribution in [0, 0.1) is 17.1 Å². The number of guanidine groups is 1. The average molecular weight is 503 g/mol. The molecule has 2 aromatic carbocycles. The Morgan fingerprint density at radius 3 is 2.59 bits per heavy atom. The Kier molecular flexibility index (Phi) is 9.89. The first-order valence-corrected chi connectivity index (χ1v) is 8.45. The van der Waals surface area contributed by atoms with E-state index in [2.05, 4.69) is 15.6 Å². The summed E-state index contributed by atoms with van der Waals surface area (Å²) in [7, 11) is 1.63. The summed E-state index contributed by atoms with van der Waals surface area (Å²) in [5.74, 6) is 0.867. The summed E-state index contributed by atoms with van der Waals surface area (Å²) < 4.78 is 19.6. The standard InChI is InChI=1S/C19H20ClFN4O.HI/c1-13(26-17-6-4-16(20)5-7-17)11-24-19(23-2)25-12-15-9-14(10-22)3-8-18(15)21;/h3-9,13H,11-12H2,1-2H3,(H2,23,24,25);1H. The van der Waals surface area contributed by atoms with Crippen molar-refractivity contribution in [1.82, 2.24) is 10.6 Å². The molecule has 2 N–H and O–H groups in total. The minimum absolute atomic E-state index is 0. The monoisotopic (exact) mass is 502 g/mol. The van der Waals surface area contributed by atoms with E-state index in [0.717, 1.165) is 5.75 Å². The van der Waals surface area contributed by atoms with E-state index in [1.807, 2.05) is 13.0 Å². The lowest BCUT2D eigenvalue weighted by atomic mass is 10.1. The molecule has 1 unspecified atom stereocenters. The molecule has 0 fully saturated rings. The van der Waals surface area contributed by atoms with E-state index < -0.39 is 0 Å². The number of nitriles is 1. The summed E-state index contributed by atoms with van der Waals surface area (Å²) in [6.07, 6.45) is -0.117. The molecule has 0 aliphatic carbocycles. The highest BCUT2D eigenvalue weighted by atomic mass is 127. The fraction of sp³-hybridized carbons (Fsp3) is 0.263. The molecule has 0 spiro atoms. The first kappa shape index (κ1) is 23.0. The molecule has 0 aliphatic heterocycles. The quantitative estimate of drug-likeness (QED) is 0.355. The lowest BCUT2D eigenvalue weighted by Gasteiger charge is -2.18. The number of nitrogens with one attached hydrogen (secondary N) is 2. The molecule has 0 radical (unpaired) electrons. The van der Waals surface area contributed by atoms with Gasteiger partial charge in [0.1, 0.15) is 17.7 Å². The SMILES string of the molecule is CN=C(NCc1cc(C#N)ccc1F)NCC(C)Oc1ccc(Cl)cc1.I. The van der Waals surface area contributed by atoms with Crippen LogP contribution in [0.2, 0.25) is 5.02 Å². The Bertz CT molecular complexity index is 808. The zero-order chi connectivity index (χ0) is 18.9. The maximum absolute atomic E-state index is 13.8. The molecule has 0 bridgehead atoms. The van der Waals surface area contributed by atoms with Crippen molar-refractivity contribution in [2.45, 2.75) is 19.6 Å².